The maximum atomic E-state index is 5.74. The Labute approximate surface area is 82.7 Å². The number of aryl methyl sites for hydroxylation is 1. The minimum absolute atomic E-state index is 0.591. The fourth-order valence-electron chi connectivity index (χ4n) is 1.63. The van der Waals surface area contributed by atoms with Gasteiger partial charge < -0.3 is 5.73 Å². The van der Waals surface area contributed by atoms with Crippen molar-refractivity contribution >= 4 is 17.4 Å². The fraction of sp³-hybridized carbons (Fsp3) is 0.667. The lowest BCUT2D eigenvalue weighted by atomic mass is 9.92. The van der Waals surface area contributed by atoms with E-state index in [0.717, 1.165) is 16.6 Å². The molecule has 1 aliphatic carbocycles. The molecule has 0 spiro atoms. The molecule has 1 saturated carbocycles. The molecule has 0 aliphatic heterocycles. The number of nitrogen functional groups attached to an aromatic ring is 1. The molecule has 1 fully saturated rings. The lowest BCUT2D eigenvalue weighted by molar-refractivity contribution is 0.299. The Kier molecular flexibility index (Phi) is 2.24. The van der Waals surface area contributed by atoms with E-state index < -0.39 is 0 Å². The van der Waals surface area contributed by atoms with Gasteiger partial charge in [0.1, 0.15) is 0 Å². The monoisotopic (exact) mass is 197 g/mol. The van der Waals surface area contributed by atoms with Gasteiger partial charge in [-0.2, -0.15) is 16.9 Å². The van der Waals surface area contributed by atoms with Gasteiger partial charge >= 0.3 is 0 Å². The molecule has 13 heavy (non-hydrogen) atoms. The van der Waals surface area contributed by atoms with Gasteiger partial charge in [-0.25, -0.2) is 0 Å². The lowest BCUT2D eigenvalue weighted by Crippen LogP contribution is -2.28. The van der Waals surface area contributed by atoms with E-state index in [-0.39, 0.29) is 0 Å². The molecule has 0 bridgehead atoms. The van der Waals surface area contributed by atoms with Crippen LogP contribution >= 0.6 is 11.8 Å². The molecule has 1 heterocycles. The van der Waals surface area contributed by atoms with Gasteiger partial charge in [-0.15, -0.1) is 0 Å². The molecule has 4 heteroatoms. The van der Waals surface area contributed by atoms with Crippen molar-refractivity contribution in [2.75, 3.05) is 12.0 Å². The van der Waals surface area contributed by atoms with E-state index in [2.05, 4.69) is 11.4 Å². The maximum Gasteiger partial charge on any atom is 0.0823 e. The Balaban J connectivity index is 2.03. The van der Waals surface area contributed by atoms with E-state index >= 15 is 0 Å². The number of hydrogen-bond donors (Lipinski definition) is 1. The first-order chi connectivity index (χ1) is 6.20. The van der Waals surface area contributed by atoms with Gasteiger partial charge in [0, 0.05) is 11.4 Å². The summed E-state index contributed by atoms with van der Waals surface area (Å²) in [4.78, 5) is 0. The molecule has 0 saturated heterocycles. The van der Waals surface area contributed by atoms with Crippen LogP contribution in [0.3, 0.4) is 0 Å². The summed E-state index contributed by atoms with van der Waals surface area (Å²) < 4.78 is 2.03. The Morgan fingerprint density at radius 1 is 1.62 bits per heavy atom. The third-order valence-corrected chi connectivity index (χ3v) is 3.78. The summed E-state index contributed by atoms with van der Waals surface area (Å²) in [7, 11) is 0. The van der Waals surface area contributed by atoms with Gasteiger partial charge in [0.15, 0.2) is 0 Å². The number of aromatic nitrogens is 2. The Hall–Kier alpha value is -0.640. The van der Waals surface area contributed by atoms with Crippen molar-refractivity contribution in [3.8, 4) is 0 Å². The summed E-state index contributed by atoms with van der Waals surface area (Å²) in [5, 5.41) is 5.21. The van der Waals surface area contributed by atoms with Crippen LogP contribution in [-0.2, 0) is 0 Å². The zero-order valence-corrected chi connectivity index (χ0v) is 8.84. The van der Waals surface area contributed by atoms with Crippen molar-refractivity contribution in [3.05, 3.63) is 11.9 Å². The van der Waals surface area contributed by atoms with Crippen LogP contribution in [0.2, 0.25) is 0 Å². The van der Waals surface area contributed by atoms with E-state index in [1.165, 1.54) is 12.8 Å². The highest BCUT2D eigenvalue weighted by Crippen LogP contribution is 2.39. The van der Waals surface area contributed by atoms with Gasteiger partial charge in [0.05, 0.1) is 17.4 Å². The molecule has 0 radical (unpaired) electrons. The van der Waals surface area contributed by atoms with E-state index in [1.807, 2.05) is 29.6 Å². The van der Waals surface area contributed by atoms with Crippen molar-refractivity contribution in [2.24, 2.45) is 0 Å². The van der Waals surface area contributed by atoms with Gasteiger partial charge in [-0.3, -0.25) is 4.68 Å². The van der Waals surface area contributed by atoms with Gasteiger partial charge in [0.25, 0.3) is 0 Å². The second-order valence-electron chi connectivity index (χ2n) is 3.63. The topological polar surface area (TPSA) is 43.8 Å². The first-order valence-electron chi connectivity index (χ1n) is 4.54. The number of nitrogens with zero attached hydrogens (tertiary/aromatic N) is 2. The highest BCUT2D eigenvalue weighted by Gasteiger charge is 2.30. The number of anilines is 1. The highest BCUT2D eigenvalue weighted by molar-refractivity contribution is 7.99. The first kappa shape index (κ1) is 8.94. The SMILES string of the molecule is CSC1CC(n2cc(N)c(C)n2)C1. The second kappa shape index (κ2) is 3.25. The standard InChI is InChI=1S/C9H15N3S/c1-6-9(10)5-12(11-6)7-3-8(4-7)13-2/h5,7-8H,3-4,10H2,1-2H3. The predicted molar refractivity (Wildman–Crippen MR) is 57.0 cm³/mol. The van der Waals surface area contributed by atoms with E-state index in [9.17, 15) is 0 Å². The zero-order chi connectivity index (χ0) is 9.42. The molecule has 3 nitrogen and oxygen atoms in total. The number of nitrogens with two attached hydrogens (primary N) is 1. The molecular weight excluding hydrogens is 182 g/mol. The van der Waals surface area contributed by atoms with E-state index in [0.29, 0.717) is 6.04 Å². The Morgan fingerprint density at radius 2 is 2.31 bits per heavy atom. The molecule has 0 unspecified atom stereocenters. The summed E-state index contributed by atoms with van der Waals surface area (Å²) in [6.45, 7) is 1.95. The normalized spacial score (nSPS) is 27.2. The molecule has 1 aliphatic rings. The molecular formula is C9H15N3S. The molecule has 2 N–H and O–H groups in total. The van der Waals surface area contributed by atoms with Gasteiger partial charge in [-0.1, -0.05) is 0 Å². The lowest BCUT2D eigenvalue weighted by Gasteiger charge is -2.34. The third kappa shape index (κ3) is 1.55. The van der Waals surface area contributed by atoms with Crippen LogP contribution in [0.4, 0.5) is 5.69 Å². The van der Waals surface area contributed by atoms with E-state index in [1.54, 1.807) is 0 Å². The molecule has 0 atom stereocenters. The molecule has 0 aromatic carbocycles. The zero-order valence-electron chi connectivity index (χ0n) is 8.03. The molecule has 1 aromatic heterocycles. The second-order valence-corrected chi connectivity index (χ2v) is 4.77. The van der Waals surface area contributed by atoms with Gasteiger partial charge in [0.2, 0.25) is 0 Å². The Bertz CT molecular complexity index is 282. The van der Waals surface area contributed by atoms with Crippen LogP contribution in [0.25, 0.3) is 0 Å². The van der Waals surface area contributed by atoms with Crippen LogP contribution in [0.15, 0.2) is 6.20 Å². The van der Waals surface area contributed by atoms with Crippen LogP contribution in [0.1, 0.15) is 24.6 Å². The van der Waals surface area contributed by atoms with Crippen molar-refractivity contribution in [3.63, 3.8) is 0 Å². The average Bonchev–Trinajstić information content (AvgIpc) is 2.30. The number of hydrogen-bond acceptors (Lipinski definition) is 3. The highest BCUT2D eigenvalue weighted by atomic mass is 32.2. The van der Waals surface area contributed by atoms with Crippen molar-refractivity contribution in [1.82, 2.24) is 9.78 Å². The number of thioether (sulfide) groups is 1. The molecule has 72 valence electrons. The summed E-state index contributed by atoms with van der Waals surface area (Å²) in [5.41, 5.74) is 7.50. The van der Waals surface area contributed by atoms with Crippen LogP contribution in [-0.4, -0.2) is 21.3 Å². The Morgan fingerprint density at radius 3 is 2.77 bits per heavy atom. The molecule has 0 amide bonds. The molecule has 1 aromatic rings. The number of rotatable bonds is 2. The minimum atomic E-state index is 0.591. The quantitative estimate of drug-likeness (QED) is 0.786. The largest absolute Gasteiger partial charge is 0.396 e. The maximum absolute atomic E-state index is 5.74. The average molecular weight is 197 g/mol. The van der Waals surface area contributed by atoms with Crippen molar-refractivity contribution in [1.29, 1.82) is 0 Å². The van der Waals surface area contributed by atoms with E-state index in [4.69, 9.17) is 5.73 Å². The van der Waals surface area contributed by atoms with Gasteiger partial charge in [-0.05, 0) is 26.0 Å². The predicted octanol–water partition coefficient (Wildman–Crippen LogP) is 1.84. The fourth-order valence-corrected chi connectivity index (χ4v) is 2.46. The van der Waals surface area contributed by atoms with Crippen molar-refractivity contribution in [2.45, 2.75) is 31.1 Å². The van der Waals surface area contributed by atoms with Crippen LogP contribution in [0.5, 0.6) is 0 Å². The molecule has 2 rings (SSSR count). The van der Waals surface area contributed by atoms with Crippen LogP contribution in [0, 0.1) is 6.92 Å². The summed E-state index contributed by atoms with van der Waals surface area (Å²) in [6, 6.07) is 0.591. The van der Waals surface area contributed by atoms with Crippen LogP contribution < -0.4 is 5.73 Å². The van der Waals surface area contributed by atoms with Crippen molar-refractivity contribution < 1.29 is 0 Å². The summed E-state index contributed by atoms with van der Waals surface area (Å²) in [5.74, 6) is 0. The minimum Gasteiger partial charge on any atom is -0.396 e. The summed E-state index contributed by atoms with van der Waals surface area (Å²) >= 11 is 1.95. The first-order valence-corrected chi connectivity index (χ1v) is 5.83. The smallest absolute Gasteiger partial charge is 0.0823 e. The summed E-state index contributed by atoms with van der Waals surface area (Å²) in [6.07, 6.45) is 6.60. The third-order valence-electron chi connectivity index (χ3n) is 2.73.